The summed E-state index contributed by atoms with van der Waals surface area (Å²) in [7, 11) is -3.70. The van der Waals surface area contributed by atoms with Gasteiger partial charge in [-0.05, 0) is 68.1 Å². The lowest BCUT2D eigenvalue weighted by Gasteiger charge is -2.19. The van der Waals surface area contributed by atoms with Crippen LogP contribution < -0.4 is 4.72 Å². The van der Waals surface area contributed by atoms with Crippen molar-refractivity contribution in [1.29, 1.82) is 0 Å². The Morgan fingerprint density at radius 2 is 1.48 bits per heavy atom. The normalized spacial score (nSPS) is 12.4. The number of sulfonamides is 1. The lowest BCUT2D eigenvalue weighted by Crippen LogP contribution is -2.29. The summed E-state index contributed by atoms with van der Waals surface area (Å²) in [6.07, 6.45) is 0.570. The van der Waals surface area contributed by atoms with Crippen LogP contribution in [0.1, 0.15) is 34.7 Å². The molecule has 0 aliphatic heterocycles. The monoisotopic (exact) mass is 568 g/mol. The molecule has 0 fully saturated rings. The Kier molecular flexibility index (Phi) is 8.49. The van der Waals surface area contributed by atoms with Crippen molar-refractivity contribution in [1.82, 2.24) is 19.5 Å². The summed E-state index contributed by atoms with van der Waals surface area (Å²) in [5, 5.41) is 9.88. The fourth-order valence-electron chi connectivity index (χ4n) is 4.45. The average Bonchev–Trinajstić information content (AvgIpc) is 3.39. The van der Waals surface area contributed by atoms with Gasteiger partial charge in [0.15, 0.2) is 11.0 Å². The van der Waals surface area contributed by atoms with E-state index in [4.69, 9.17) is 0 Å². The second-order valence-corrected chi connectivity index (χ2v) is 12.6. The SMILES string of the molecule is Cc1ccc(S(=O)(=O)NC(CCSc2nnc(-c3ccccc3)n2-c2ccc(C)c(C)c2)c2ccccc2)cc1. The Morgan fingerprint density at radius 1 is 0.800 bits per heavy atom. The molecule has 0 amide bonds. The molecule has 0 bridgehead atoms. The van der Waals surface area contributed by atoms with Crippen LogP contribution in [0.5, 0.6) is 0 Å². The van der Waals surface area contributed by atoms with Gasteiger partial charge in [0, 0.05) is 17.4 Å². The topological polar surface area (TPSA) is 76.9 Å². The highest BCUT2D eigenvalue weighted by molar-refractivity contribution is 7.99. The number of aromatic nitrogens is 3. The van der Waals surface area contributed by atoms with Crippen molar-refractivity contribution >= 4 is 21.8 Å². The minimum absolute atomic E-state index is 0.258. The van der Waals surface area contributed by atoms with Crippen molar-refractivity contribution in [2.24, 2.45) is 0 Å². The maximum atomic E-state index is 13.3. The van der Waals surface area contributed by atoms with Gasteiger partial charge in [0.25, 0.3) is 0 Å². The third kappa shape index (κ3) is 6.36. The van der Waals surface area contributed by atoms with Gasteiger partial charge in [0.2, 0.25) is 10.0 Å². The molecular weight excluding hydrogens is 537 g/mol. The summed E-state index contributed by atoms with van der Waals surface area (Å²) in [5.41, 5.74) is 6.31. The Balaban J connectivity index is 1.42. The quantitative estimate of drug-likeness (QED) is 0.183. The number of aryl methyl sites for hydroxylation is 3. The molecule has 0 saturated carbocycles. The molecule has 8 heteroatoms. The first-order valence-electron chi connectivity index (χ1n) is 13.2. The van der Waals surface area contributed by atoms with Crippen LogP contribution >= 0.6 is 11.8 Å². The van der Waals surface area contributed by atoms with Gasteiger partial charge >= 0.3 is 0 Å². The maximum absolute atomic E-state index is 13.3. The molecule has 1 unspecified atom stereocenters. The van der Waals surface area contributed by atoms with E-state index < -0.39 is 16.1 Å². The summed E-state index contributed by atoms with van der Waals surface area (Å²) >= 11 is 1.57. The standard InChI is InChI=1S/C32H32N4O2S2/c1-23-14-18-29(19-15-23)40(37,38)35-30(26-10-6-4-7-11-26)20-21-39-32-34-33-31(27-12-8-5-9-13-27)36(32)28-17-16-24(2)25(3)22-28/h4-19,22,30,35H,20-21H2,1-3H3. The van der Waals surface area contributed by atoms with Gasteiger partial charge in [0.1, 0.15) is 0 Å². The molecule has 40 heavy (non-hydrogen) atoms. The molecule has 1 atom stereocenters. The highest BCUT2D eigenvalue weighted by Gasteiger charge is 2.23. The number of hydrogen-bond acceptors (Lipinski definition) is 5. The molecule has 0 aliphatic rings. The first kappa shape index (κ1) is 27.8. The van der Waals surface area contributed by atoms with E-state index in [-0.39, 0.29) is 4.90 Å². The van der Waals surface area contributed by atoms with Crippen molar-refractivity contribution in [3.05, 3.63) is 125 Å². The summed E-state index contributed by atoms with van der Waals surface area (Å²) in [4.78, 5) is 0.258. The van der Waals surface area contributed by atoms with E-state index in [0.29, 0.717) is 12.2 Å². The number of rotatable bonds is 10. The molecule has 1 N–H and O–H groups in total. The smallest absolute Gasteiger partial charge is 0.241 e. The fourth-order valence-corrected chi connectivity index (χ4v) is 6.67. The van der Waals surface area contributed by atoms with Crippen molar-refractivity contribution in [2.45, 2.75) is 43.3 Å². The van der Waals surface area contributed by atoms with Crippen molar-refractivity contribution < 1.29 is 8.42 Å². The molecule has 5 aromatic rings. The predicted molar refractivity (Wildman–Crippen MR) is 162 cm³/mol. The second-order valence-electron chi connectivity index (χ2n) is 9.81. The van der Waals surface area contributed by atoms with Gasteiger partial charge in [-0.15, -0.1) is 10.2 Å². The number of benzene rings is 4. The van der Waals surface area contributed by atoms with Crippen LogP contribution in [0.3, 0.4) is 0 Å². The molecule has 0 radical (unpaired) electrons. The third-order valence-electron chi connectivity index (χ3n) is 6.88. The van der Waals surface area contributed by atoms with Crippen LogP contribution in [0.4, 0.5) is 0 Å². The minimum atomic E-state index is -3.70. The van der Waals surface area contributed by atoms with E-state index in [1.807, 2.05) is 79.7 Å². The van der Waals surface area contributed by atoms with E-state index in [9.17, 15) is 8.42 Å². The van der Waals surface area contributed by atoms with Gasteiger partial charge in [-0.1, -0.05) is 96.2 Å². The van der Waals surface area contributed by atoms with E-state index in [1.165, 1.54) is 11.1 Å². The highest BCUT2D eigenvalue weighted by Crippen LogP contribution is 2.31. The third-order valence-corrected chi connectivity index (χ3v) is 9.33. The molecule has 4 aromatic carbocycles. The zero-order valence-electron chi connectivity index (χ0n) is 22.8. The van der Waals surface area contributed by atoms with Gasteiger partial charge in [-0.25, -0.2) is 13.1 Å². The molecule has 6 nitrogen and oxygen atoms in total. The van der Waals surface area contributed by atoms with Gasteiger partial charge in [0.05, 0.1) is 10.6 Å². The van der Waals surface area contributed by atoms with Crippen LogP contribution in [-0.2, 0) is 10.0 Å². The minimum Gasteiger partial charge on any atom is -0.270 e. The molecule has 5 rings (SSSR count). The fraction of sp³-hybridized carbons (Fsp3) is 0.188. The summed E-state index contributed by atoms with van der Waals surface area (Å²) < 4.78 is 31.6. The van der Waals surface area contributed by atoms with Crippen LogP contribution in [-0.4, -0.2) is 28.9 Å². The predicted octanol–water partition coefficient (Wildman–Crippen LogP) is 7.06. The molecule has 0 aliphatic carbocycles. The summed E-state index contributed by atoms with van der Waals surface area (Å²) in [6.45, 7) is 6.14. The van der Waals surface area contributed by atoms with Gasteiger partial charge in [-0.2, -0.15) is 0 Å². The summed E-state index contributed by atoms with van der Waals surface area (Å²) in [5.74, 6) is 1.40. The molecule has 1 aromatic heterocycles. The van der Waals surface area contributed by atoms with Gasteiger partial charge in [-0.3, -0.25) is 4.57 Å². The number of hydrogen-bond donors (Lipinski definition) is 1. The number of nitrogens with one attached hydrogen (secondary N) is 1. The zero-order chi connectivity index (χ0) is 28.1. The lowest BCUT2D eigenvalue weighted by molar-refractivity contribution is 0.551. The largest absolute Gasteiger partial charge is 0.270 e. The molecule has 1 heterocycles. The Bertz CT molecular complexity index is 1680. The second kappa shape index (κ2) is 12.2. The molecule has 0 spiro atoms. The van der Waals surface area contributed by atoms with E-state index in [1.54, 1.807) is 23.9 Å². The number of thioether (sulfide) groups is 1. The van der Waals surface area contributed by atoms with Gasteiger partial charge < -0.3 is 0 Å². The van der Waals surface area contributed by atoms with Crippen molar-refractivity contribution in [2.75, 3.05) is 5.75 Å². The summed E-state index contributed by atoms with van der Waals surface area (Å²) in [6, 6.07) is 32.6. The first-order valence-corrected chi connectivity index (χ1v) is 15.6. The highest BCUT2D eigenvalue weighted by atomic mass is 32.2. The zero-order valence-corrected chi connectivity index (χ0v) is 24.4. The van der Waals surface area contributed by atoms with E-state index >= 15 is 0 Å². The maximum Gasteiger partial charge on any atom is 0.241 e. The Labute approximate surface area is 240 Å². The van der Waals surface area contributed by atoms with E-state index in [0.717, 1.165) is 33.4 Å². The first-order chi connectivity index (χ1) is 19.3. The van der Waals surface area contributed by atoms with Crippen LogP contribution in [0.25, 0.3) is 17.1 Å². The molecule has 0 saturated heterocycles. The Hall–Kier alpha value is -3.72. The van der Waals surface area contributed by atoms with Crippen molar-refractivity contribution in [3.8, 4) is 17.1 Å². The Morgan fingerprint density at radius 3 is 2.15 bits per heavy atom. The molecule has 204 valence electrons. The van der Waals surface area contributed by atoms with Crippen LogP contribution in [0, 0.1) is 20.8 Å². The van der Waals surface area contributed by atoms with Crippen molar-refractivity contribution in [3.63, 3.8) is 0 Å². The number of nitrogens with zero attached hydrogens (tertiary/aromatic N) is 3. The average molecular weight is 569 g/mol. The molecular formula is C32H32N4O2S2. The van der Waals surface area contributed by atoms with Crippen LogP contribution in [0.15, 0.2) is 113 Å². The lowest BCUT2D eigenvalue weighted by atomic mass is 10.1. The van der Waals surface area contributed by atoms with E-state index in [2.05, 4.69) is 51.5 Å². The van der Waals surface area contributed by atoms with Crippen LogP contribution in [0.2, 0.25) is 0 Å².